The van der Waals surface area contributed by atoms with Crippen molar-refractivity contribution >= 4 is 17.7 Å². The van der Waals surface area contributed by atoms with Crippen LogP contribution in [0, 0.1) is 0 Å². The van der Waals surface area contributed by atoms with Gasteiger partial charge in [-0.2, -0.15) is 0 Å². The SMILES string of the molecule is CC(=O)N[C@@H]1[C@@H](O)[C@H](O[C@H]2O[C@H](CO)[C@@H](O[C@H]3O[C@H](CO)[C@@H](O)[C@H](O)[C@H]3NC(C)=O)[C@H](O)[C@H]2NC(C)=O)[C@@H](CO)O[C@@H]1O. The van der Waals surface area contributed by atoms with E-state index < -0.39 is 129 Å². The minimum absolute atomic E-state index is 0.628. The monoisotopic (exact) mass is 627 g/mol. The molecule has 3 saturated heterocycles. The Kier molecular flexibility index (Phi) is 12.5. The van der Waals surface area contributed by atoms with E-state index in [1.54, 1.807) is 0 Å². The molecule has 15 atom stereocenters. The summed E-state index contributed by atoms with van der Waals surface area (Å²) in [6.45, 7) is 0.995. The van der Waals surface area contributed by atoms with Crippen molar-refractivity contribution in [2.24, 2.45) is 0 Å². The number of hydrogen-bond acceptors (Lipinski definition) is 16. The number of aliphatic hydroxyl groups is 8. The smallest absolute Gasteiger partial charge is 0.217 e. The van der Waals surface area contributed by atoms with Gasteiger partial charge in [0.15, 0.2) is 18.9 Å². The summed E-state index contributed by atoms with van der Waals surface area (Å²) < 4.78 is 28.3. The standard InChI is InChI=1S/C24H41N3O16/c1-7(31)25-13-18(36)20(11(5-29)39-22(13)38)42-24-15(27-9(3)33)19(37)21(12(6-30)41-24)43-23-14(26-8(2)32)17(35)16(34)10(4-28)40-23/h10-24,28-30,34-38H,4-6H2,1-3H3,(H,25,31)(H,26,32)(H,27,33)/t10-,11-,12-,13-,14-,15-,16-,17-,18-,19-,20-,21-,22+,23-,24-/m1/s1. The van der Waals surface area contributed by atoms with E-state index in [0.717, 1.165) is 20.8 Å². The van der Waals surface area contributed by atoms with Gasteiger partial charge >= 0.3 is 0 Å². The summed E-state index contributed by atoms with van der Waals surface area (Å²) in [7, 11) is 0. The Hall–Kier alpha value is -2.11. The van der Waals surface area contributed by atoms with E-state index in [1.807, 2.05) is 0 Å². The molecule has 3 aliphatic heterocycles. The van der Waals surface area contributed by atoms with Gasteiger partial charge in [0.1, 0.15) is 73.1 Å². The molecule has 0 bridgehead atoms. The quantitative estimate of drug-likeness (QED) is 0.107. The molecular formula is C24H41N3O16. The Morgan fingerprint density at radius 3 is 1.37 bits per heavy atom. The van der Waals surface area contributed by atoms with Gasteiger partial charge in [0.25, 0.3) is 0 Å². The number of carbonyl (C=O) groups excluding carboxylic acids is 3. The summed E-state index contributed by atoms with van der Waals surface area (Å²) in [5, 5.41) is 90.0. The highest BCUT2D eigenvalue weighted by Crippen LogP contribution is 2.32. The van der Waals surface area contributed by atoms with Gasteiger partial charge in [0.2, 0.25) is 17.7 Å². The van der Waals surface area contributed by atoms with E-state index in [4.69, 9.17) is 23.7 Å². The zero-order chi connectivity index (χ0) is 32.2. The fourth-order valence-corrected chi connectivity index (χ4v) is 5.28. The van der Waals surface area contributed by atoms with Crippen LogP contribution in [0.4, 0.5) is 0 Å². The van der Waals surface area contributed by atoms with Crippen LogP contribution in [0.15, 0.2) is 0 Å². The Morgan fingerprint density at radius 1 is 0.558 bits per heavy atom. The van der Waals surface area contributed by atoms with Crippen LogP contribution in [0.1, 0.15) is 20.8 Å². The van der Waals surface area contributed by atoms with Gasteiger partial charge in [-0.25, -0.2) is 0 Å². The lowest BCUT2D eigenvalue weighted by molar-refractivity contribution is -0.351. The van der Waals surface area contributed by atoms with Crippen LogP contribution < -0.4 is 16.0 Å². The highest BCUT2D eigenvalue weighted by atomic mass is 16.7. The summed E-state index contributed by atoms with van der Waals surface area (Å²) in [5.41, 5.74) is 0. The Balaban J connectivity index is 1.89. The minimum atomic E-state index is -1.77. The molecule has 3 fully saturated rings. The topological polar surface area (TPSA) is 295 Å². The minimum Gasteiger partial charge on any atom is -0.394 e. The third-order valence-electron chi connectivity index (χ3n) is 7.30. The average molecular weight is 628 g/mol. The van der Waals surface area contributed by atoms with Crippen LogP contribution in [0.2, 0.25) is 0 Å². The molecular weight excluding hydrogens is 586 g/mol. The zero-order valence-electron chi connectivity index (χ0n) is 23.6. The maximum Gasteiger partial charge on any atom is 0.217 e. The van der Waals surface area contributed by atoms with Crippen molar-refractivity contribution in [1.29, 1.82) is 0 Å². The summed E-state index contributed by atoms with van der Waals surface area (Å²) in [4.78, 5) is 35.5. The highest BCUT2D eigenvalue weighted by Gasteiger charge is 2.54. The summed E-state index contributed by atoms with van der Waals surface area (Å²) >= 11 is 0. The second-order valence-corrected chi connectivity index (χ2v) is 10.5. The fraction of sp³-hybridized carbons (Fsp3) is 0.875. The van der Waals surface area contributed by atoms with Crippen molar-refractivity contribution in [2.45, 2.75) is 113 Å². The molecule has 0 unspecified atom stereocenters. The van der Waals surface area contributed by atoms with E-state index >= 15 is 0 Å². The molecule has 0 saturated carbocycles. The average Bonchev–Trinajstić information content (AvgIpc) is 2.94. The molecule has 0 aromatic carbocycles. The van der Waals surface area contributed by atoms with Crippen molar-refractivity contribution in [3.63, 3.8) is 0 Å². The molecule has 0 aromatic heterocycles. The lowest BCUT2D eigenvalue weighted by Crippen LogP contribution is -2.71. The number of rotatable bonds is 10. The molecule has 3 rings (SSSR count). The summed E-state index contributed by atoms with van der Waals surface area (Å²) in [5.74, 6) is -1.96. The summed E-state index contributed by atoms with van der Waals surface area (Å²) in [6, 6.07) is -4.31. The third-order valence-corrected chi connectivity index (χ3v) is 7.30. The van der Waals surface area contributed by atoms with Gasteiger partial charge in [-0.1, -0.05) is 0 Å². The molecule has 3 amide bonds. The number of aliphatic hydroxyl groups excluding tert-OH is 8. The lowest BCUT2D eigenvalue weighted by atomic mass is 9.93. The van der Waals surface area contributed by atoms with E-state index in [0.29, 0.717) is 0 Å². The van der Waals surface area contributed by atoms with Crippen LogP contribution in [-0.2, 0) is 38.1 Å². The Morgan fingerprint density at radius 2 is 0.930 bits per heavy atom. The highest BCUT2D eigenvalue weighted by molar-refractivity contribution is 5.74. The zero-order valence-corrected chi connectivity index (χ0v) is 23.6. The molecule has 3 heterocycles. The lowest BCUT2D eigenvalue weighted by Gasteiger charge is -2.49. The predicted molar refractivity (Wildman–Crippen MR) is 136 cm³/mol. The molecule has 19 heteroatoms. The number of carbonyl (C=O) groups is 3. The second kappa shape index (κ2) is 15.3. The number of amides is 3. The Bertz CT molecular complexity index is 962. The number of hydrogen-bond donors (Lipinski definition) is 11. The maximum absolute atomic E-state index is 12.1. The van der Waals surface area contributed by atoms with Crippen molar-refractivity contribution in [2.75, 3.05) is 19.8 Å². The first kappa shape index (κ1) is 35.4. The molecule has 11 N–H and O–H groups in total. The van der Waals surface area contributed by atoms with E-state index in [2.05, 4.69) is 16.0 Å². The number of ether oxygens (including phenoxy) is 5. The van der Waals surface area contributed by atoms with Gasteiger partial charge in [-0.15, -0.1) is 0 Å². The molecule has 19 nitrogen and oxygen atoms in total. The van der Waals surface area contributed by atoms with Crippen LogP contribution in [0.5, 0.6) is 0 Å². The third kappa shape index (κ3) is 8.14. The molecule has 0 spiro atoms. The molecule has 0 aliphatic carbocycles. The van der Waals surface area contributed by atoms with E-state index in [-0.39, 0.29) is 0 Å². The fourth-order valence-electron chi connectivity index (χ4n) is 5.28. The van der Waals surface area contributed by atoms with Crippen LogP contribution in [0.3, 0.4) is 0 Å². The van der Waals surface area contributed by atoms with Crippen molar-refractivity contribution in [3.05, 3.63) is 0 Å². The molecule has 0 aromatic rings. The van der Waals surface area contributed by atoms with Crippen molar-refractivity contribution in [1.82, 2.24) is 16.0 Å². The maximum atomic E-state index is 12.1. The summed E-state index contributed by atoms with van der Waals surface area (Å²) in [6.07, 6.45) is -19.0. The van der Waals surface area contributed by atoms with Crippen LogP contribution >= 0.6 is 0 Å². The predicted octanol–water partition coefficient (Wildman–Crippen LogP) is -7.14. The Labute approximate surface area is 245 Å². The van der Waals surface area contributed by atoms with E-state index in [9.17, 15) is 55.2 Å². The molecule has 0 radical (unpaired) electrons. The number of nitrogens with one attached hydrogen (secondary N) is 3. The first-order valence-corrected chi connectivity index (χ1v) is 13.5. The van der Waals surface area contributed by atoms with Gasteiger partial charge < -0.3 is 80.5 Å². The van der Waals surface area contributed by atoms with E-state index in [1.165, 1.54) is 0 Å². The van der Waals surface area contributed by atoms with Gasteiger partial charge in [-0.3, -0.25) is 14.4 Å². The first-order valence-electron chi connectivity index (χ1n) is 13.5. The van der Waals surface area contributed by atoms with Crippen LogP contribution in [-0.4, -0.2) is 170 Å². The first-order chi connectivity index (χ1) is 20.2. The van der Waals surface area contributed by atoms with Crippen molar-refractivity contribution < 1.29 is 78.9 Å². The second-order valence-electron chi connectivity index (χ2n) is 10.5. The normalized spacial score (nSPS) is 43.5. The molecule has 248 valence electrons. The van der Waals surface area contributed by atoms with Gasteiger partial charge in [0.05, 0.1) is 19.8 Å². The molecule has 43 heavy (non-hydrogen) atoms. The van der Waals surface area contributed by atoms with Gasteiger partial charge in [0, 0.05) is 20.8 Å². The largest absolute Gasteiger partial charge is 0.394 e. The van der Waals surface area contributed by atoms with Crippen LogP contribution in [0.25, 0.3) is 0 Å². The van der Waals surface area contributed by atoms with Crippen molar-refractivity contribution in [3.8, 4) is 0 Å². The molecule has 3 aliphatic rings. The van der Waals surface area contributed by atoms with Gasteiger partial charge in [-0.05, 0) is 0 Å².